The number of hydrogen-bond donors (Lipinski definition) is 2. The van der Waals surface area contributed by atoms with Crippen molar-refractivity contribution in [2.24, 2.45) is 0 Å². The molecule has 1 fully saturated rings. The van der Waals surface area contributed by atoms with Gasteiger partial charge < -0.3 is 10.4 Å². The maximum absolute atomic E-state index is 13.2. The van der Waals surface area contributed by atoms with Crippen molar-refractivity contribution in [1.29, 1.82) is 0 Å². The smallest absolute Gasteiger partial charge is 0.262 e. The summed E-state index contributed by atoms with van der Waals surface area (Å²) in [5, 5.41) is 12.0. The van der Waals surface area contributed by atoms with E-state index in [1.807, 2.05) is 0 Å². The van der Waals surface area contributed by atoms with Gasteiger partial charge in [-0.05, 0) is 12.1 Å². The van der Waals surface area contributed by atoms with Gasteiger partial charge in [0.1, 0.15) is 5.82 Å². The number of aliphatic hydroxyl groups excluding tert-OH is 1. The molecular formula is C12H14ClF2N3O2. The zero-order valence-corrected chi connectivity index (χ0v) is 11.3. The number of hydrogen-bond acceptors (Lipinski definition) is 4. The Bertz CT molecular complexity index is 484. The second-order valence-electron chi connectivity index (χ2n) is 4.71. The standard InChI is InChI=1S/C12H14ClF2N3O2/c13-8-1-2-10(16-4-8)17-11(20)5-18-7-12(14,15)3-9(18)6-19/h1-2,4,9,19H,3,5-7H2,(H,16,17,20). The van der Waals surface area contributed by atoms with Crippen molar-refractivity contribution in [3.63, 3.8) is 0 Å². The van der Waals surface area contributed by atoms with E-state index < -0.39 is 37.4 Å². The number of carbonyl (C=O) groups excluding carboxylic acids is 1. The van der Waals surface area contributed by atoms with E-state index in [9.17, 15) is 13.6 Å². The molecule has 1 atom stereocenters. The van der Waals surface area contributed by atoms with E-state index in [1.165, 1.54) is 17.2 Å². The first-order valence-electron chi connectivity index (χ1n) is 6.04. The average Bonchev–Trinajstić information content (AvgIpc) is 2.66. The van der Waals surface area contributed by atoms with Crippen molar-refractivity contribution in [2.75, 3.05) is 25.0 Å². The van der Waals surface area contributed by atoms with Gasteiger partial charge in [-0.2, -0.15) is 0 Å². The van der Waals surface area contributed by atoms with E-state index >= 15 is 0 Å². The normalized spacial score (nSPS) is 21.9. The van der Waals surface area contributed by atoms with Gasteiger partial charge in [-0.3, -0.25) is 9.69 Å². The van der Waals surface area contributed by atoms with Gasteiger partial charge >= 0.3 is 0 Å². The fourth-order valence-corrected chi connectivity index (χ4v) is 2.26. The molecule has 110 valence electrons. The molecule has 1 saturated heterocycles. The number of pyridine rings is 1. The van der Waals surface area contributed by atoms with Gasteiger partial charge in [-0.15, -0.1) is 0 Å². The molecule has 2 rings (SSSR count). The number of rotatable bonds is 4. The van der Waals surface area contributed by atoms with Crippen molar-refractivity contribution >= 4 is 23.3 Å². The molecule has 1 aromatic rings. The molecule has 0 spiro atoms. The van der Waals surface area contributed by atoms with Crippen LogP contribution in [0.5, 0.6) is 0 Å². The van der Waals surface area contributed by atoms with Crippen molar-refractivity contribution in [2.45, 2.75) is 18.4 Å². The molecule has 0 bridgehead atoms. The number of aliphatic hydroxyl groups is 1. The van der Waals surface area contributed by atoms with Crippen LogP contribution in [0.2, 0.25) is 5.02 Å². The van der Waals surface area contributed by atoms with Crippen LogP contribution in [-0.4, -0.2) is 52.6 Å². The molecule has 5 nitrogen and oxygen atoms in total. The van der Waals surface area contributed by atoms with Crippen molar-refractivity contribution < 1.29 is 18.7 Å². The summed E-state index contributed by atoms with van der Waals surface area (Å²) in [5.74, 6) is -3.03. The Morgan fingerprint density at radius 1 is 1.60 bits per heavy atom. The lowest BCUT2D eigenvalue weighted by Gasteiger charge is -2.20. The zero-order chi connectivity index (χ0) is 14.8. The molecule has 1 amide bonds. The number of likely N-dealkylation sites (tertiary alicyclic amines) is 1. The van der Waals surface area contributed by atoms with E-state index in [2.05, 4.69) is 10.3 Å². The van der Waals surface area contributed by atoms with Crippen molar-refractivity contribution in [1.82, 2.24) is 9.88 Å². The Morgan fingerprint density at radius 2 is 2.35 bits per heavy atom. The van der Waals surface area contributed by atoms with E-state index in [1.54, 1.807) is 6.07 Å². The molecule has 1 aromatic heterocycles. The van der Waals surface area contributed by atoms with Crippen LogP contribution < -0.4 is 5.32 Å². The maximum Gasteiger partial charge on any atom is 0.262 e. The number of nitrogens with one attached hydrogen (secondary N) is 1. The lowest BCUT2D eigenvalue weighted by atomic mass is 10.2. The first-order chi connectivity index (χ1) is 9.39. The van der Waals surface area contributed by atoms with Gasteiger partial charge in [0.2, 0.25) is 5.91 Å². The second kappa shape index (κ2) is 5.99. The summed E-state index contributed by atoms with van der Waals surface area (Å²) >= 11 is 5.66. The van der Waals surface area contributed by atoms with Crippen LogP contribution in [0.4, 0.5) is 14.6 Å². The quantitative estimate of drug-likeness (QED) is 0.882. The third-order valence-electron chi connectivity index (χ3n) is 3.04. The van der Waals surface area contributed by atoms with Gasteiger partial charge in [-0.25, -0.2) is 13.8 Å². The third-order valence-corrected chi connectivity index (χ3v) is 3.26. The number of amides is 1. The fraction of sp³-hybridized carbons (Fsp3) is 0.500. The van der Waals surface area contributed by atoms with Crippen LogP contribution >= 0.6 is 11.6 Å². The van der Waals surface area contributed by atoms with E-state index in [4.69, 9.17) is 16.7 Å². The summed E-state index contributed by atoms with van der Waals surface area (Å²) in [6.07, 6.45) is 0.938. The monoisotopic (exact) mass is 305 g/mol. The number of carbonyl (C=O) groups is 1. The highest BCUT2D eigenvalue weighted by Gasteiger charge is 2.45. The van der Waals surface area contributed by atoms with Crippen molar-refractivity contribution in [3.8, 4) is 0 Å². The highest BCUT2D eigenvalue weighted by Crippen LogP contribution is 2.31. The Kier molecular flexibility index (Phi) is 4.52. The van der Waals surface area contributed by atoms with Gasteiger partial charge in [-0.1, -0.05) is 11.6 Å². The molecule has 2 heterocycles. The molecule has 0 saturated carbocycles. The predicted octanol–water partition coefficient (Wildman–Crippen LogP) is 1.38. The van der Waals surface area contributed by atoms with Crippen LogP contribution in [0.25, 0.3) is 0 Å². The van der Waals surface area contributed by atoms with Gasteiger partial charge in [0, 0.05) is 18.7 Å². The molecule has 20 heavy (non-hydrogen) atoms. The topological polar surface area (TPSA) is 65.5 Å². The second-order valence-corrected chi connectivity index (χ2v) is 5.15. The third kappa shape index (κ3) is 3.84. The number of aromatic nitrogens is 1. The largest absolute Gasteiger partial charge is 0.395 e. The molecule has 1 aliphatic heterocycles. The van der Waals surface area contributed by atoms with Crippen LogP contribution in [-0.2, 0) is 4.79 Å². The Labute approximate surface area is 119 Å². The molecule has 1 unspecified atom stereocenters. The number of nitrogens with zero attached hydrogens (tertiary/aromatic N) is 2. The first-order valence-corrected chi connectivity index (χ1v) is 6.41. The predicted molar refractivity (Wildman–Crippen MR) is 69.9 cm³/mol. The minimum Gasteiger partial charge on any atom is -0.395 e. The van der Waals surface area contributed by atoms with Crippen LogP contribution in [0.1, 0.15) is 6.42 Å². The molecule has 0 aromatic carbocycles. The molecule has 0 aliphatic carbocycles. The molecule has 1 aliphatic rings. The SMILES string of the molecule is O=C(CN1CC(F)(F)CC1CO)Nc1ccc(Cl)cn1. The highest BCUT2D eigenvalue weighted by molar-refractivity contribution is 6.30. The van der Waals surface area contributed by atoms with E-state index in [0.29, 0.717) is 10.8 Å². The highest BCUT2D eigenvalue weighted by atomic mass is 35.5. The van der Waals surface area contributed by atoms with Crippen LogP contribution in [0.3, 0.4) is 0 Å². The molecular weight excluding hydrogens is 292 g/mol. The average molecular weight is 306 g/mol. The zero-order valence-electron chi connectivity index (χ0n) is 10.5. The Morgan fingerprint density at radius 3 is 2.95 bits per heavy atom. The Balaban J connectivity index is 1.92. The number of alkyl halides is 2. The first kappa shape index (κ1) is 15.1. The van der Waals surface area contributed by atoms with Crippen LogP contribution in [0, 0.1) is 0 Å². The van der Waals surface area contributed by atoms with Crippen LogP contribution in [0.15, 0.2) is 18.3 Å². The molecule has 0 radical (unpaired) electrons. The maximum atomic E-state index is 13.2. The van der Waals surface area contributed by atoms with Gasteiger partial charge in [0.05, 0.1) is 24.7 Å². The summed E-state index contributed by atoms with van der Waals surface area (Å²) in [6, 6.07) is 2.38. The van der Waals surface area contributed by atoms with Gasteiger partial charge in [0.15, 0.2) is 0 Å². The number of anilines is 1. The number of halogens is 3. The van der Waals surface area contributed by atoms with Gasteiger partial charge in [0.25, 0.3) is 5.92 Å². The van der Waals surface area contributed by atoms with Crippen molar-refractivity contribution in [3.05, 3.63) is 23.4 Å². The lowest BCUT2D eigenvalue weighted by molar-refractivity contribution is -0.117. The summed E-state index contributed by atoms with van der Waals surface area (Å²) < 4.78 is 26.5. The lowest BCUT2D eigenvalue weighted by Crippen LogP contribution is -2.39. The summed E-state index contributed by atoms with van der Waals surface area (Å²) in [5.41, 5.74) is 0. The summed E-state index contributed by atoms with van der Waals surface area (Å²) in [7, 11) is 0. The van der Waals surface area contributed by atoms with E-state index in [0.717, 1.165) is 0 Å². The molecule has 8 heteroatoms. The van der Waals surface area contributed by atoms with E-state index in [-0.39, 0.29) is 6.54 Å². The summed E-state index contributed by atoms with van der Waals surface area (Å²) in [4.78, 5) is 16.9. The molecule has 2 N–H and O–H groups in total. The minimum absolute atomic E-state index is 0.217. The fourth-order valence-electron chi connectivity index (χ4n) is 2.15. The minimum atomic E-state index is -2.87. The Hall–Kier alpha value is -1.31. The summed E-state index contributed by atoms with van der Waals surface area (Å²) in [6.45, 7) is -1.15.